The van der Waals surface area contributed by atoms with Gasteiger partial charge in [0.1, 0.15) is 11.3 Å². The summed E-state index contributed by atoms with van der Waals surface area (Å²) in [4.78, 5) is 15.4. The summed E-state index contributed by atoms with van der Waals surface area (Å²) in [5.74, 6) is 0.283. The van der Waals surface area contributed by atoms with Crippen molar-refractivity contribution in [3.8, 4) is 11.4 Å². The average Bonchev–Trinajstić information content (AvgIpc) is 3.04. The first-order chi connectivity index (χ1) is 12.4. The van der Waals surface area contributed by atoms with Crippen LogP contribution >= 0.6 is 0 Å². The molecule has 3 aromatic heterocycles. The summed E-state index contributed by atoms with van der Waals surface area (Å²) in [6.07, 6.45) is 3.63. The van der Waals surface area contributed by atoms with Gasteiger partial charge in [-0.3, -0.25) is 9.38 Å². The molecule has 1 saturated heterocycles. The number of rotatable bonds is 2. The Hall–Kier alpha value is -2.48. The summed E-state index contributed by atoms with van der Waals surface area (Å²) >= 11 is 0. The summed E-state index contributed by atoms with van der Waals surface area (Å²) in [6.45, 7) is 1.97. The SMILES string of the molecule is CN1CCCC(c2cncc(-c3cnc4ccc(C(F)(F)F)cn34)n2)C1. The number of piperidine rings is 1. The molecule has 1 unspecified atom stereocenters. The topological polar surface area (TPSA) is 46.3 Å². The molecular formula is C18H18F3N5. The van der Waals surface area contributed by atoms with Gasteiger partial charge in [0.25, 0.3) is 0 Å². The van der Waals surface area contributed by atoms with E-state index in [0.29, 0.717) is 17.0 Å². The second-order valence-electron chi connectivity index (χ2n) is 6.72. The molecule has 4 rings (SSSR count). The monoisotopic (exact) mass is 361 g/mol. The minimum absolute atomic E-state index is 0.283. The van der Waals surface area contributed by atoms with Crippen LogP contribution in [-0.4, -0.2) is 44.4 Å². The maximum Gasteiger partial charge on any atom is 0.417 e. The fraction of sp³-hybridized carbons (Fsp3) is 0.389. The van der Waals surface area contributed by atoms with E-state index in [1.54, 1.807) is 12.4 Å². The Labute approximate surface area is 148 Å². The molecule has 0 bridgehead atoms. The van der Waals surface area contributed by atoms with Crippen molar-refractivity contribution < 1.29 is 13.2 Å². The standard InChI is InChI=1S/C18H18F3N5/c1-25-6-2-3-12(10-25)14-7-22-8-15(24-14)16-9-23-17-5-4-13(11-26(16)17)18(19,20)21/h4-5,7-9,11-12H,2-3,6,10H2,1H3. The van der Waals surface area contributed by atoms with Crippen LogP contribution in [0.25, 0.3) is 17.0 Å². The van der Waals surface area contributed by atoms with Gasteiger partial charge in [-0.05, 0) is 38.6 Å². The Morgan fingerprint density at radius 2 is 2.00 bits per heavy atom. The second kappa shape index (κ2) is 6.35. The van der Waals surface area contributed by atoms with Crippen LogP contribution in [0.2, 0.25) is 0 Å². The number of imidazole rings is 1. The quantitative estimate of drug-likeness (QED) is 0.699. The zero-order valence-corrected chi connectivity index (χ0v) is 14.2. The number of alkyl halides is 3. The fourth-order valence-corrected chi connectivity index (χ4v) is 3.45. The Balaban J connectivity index is 1.74. The first-order valence-corrected chi connectivity index (χ1v) is 8.47. The van der Waals surface area contributed by atoms with Crippen molar-refractivity contribution in [3.05, 3.63) is 48.2 Å². The molecule has 0 N–H and O–H groups in total. The lowest BCUT2D eigenvalue weighted by molar-refractivity contribution is -0.137. The molecule has 8 heteroatoms. The molecule has 0 saturated carbocycles. The average molecular weight is 361 g/mol. The lowest BCUT2D eigenvalue weighted by Crippen LogP contribution is -2.31. The molecule has 136 valence electrons. The van der Waals surface area contributed by atoms with Gasteiger partial charge in [0, 0.05) is 24.9 Å². The van der Waals surface area contributed by atoms with Gasteiger partial charge >= 0.3 is 6.18 Å². The lowest BCUT2D eigenvalue weighted by Gasteiger charge is -2.29. The second-order valence-corrected chi connectivity index (χ2v) is 6.72. The van der Waals surface area contributed by atoms with E-state index in [-0.39, 0.29) is 5.92 Å². The van der Waals surface area contributed by atoms with E-state index in [2.05, 4.69) is 26.9 Å². The van der Waals surface area contributed by atoms with Gasteiger partial charge in [-0.25, -0.2) is 9.97 Å². The van der Waals surface area contributed by atoms with E-state index < -0.39 is 11.7 Å². The van der Waals surface area contributed by atoms with Crippen molar-refractivity contribution in [2.75, 3.05) is 20.1 Å². The number of pyridine rings is 1. The third-order valence-electron chi connectivity index (χ3n) is 4.79. The summed E-state index contributed by atoms with van der Waals surface area (Å²) in [5, 5.41) is 0. The molecule has 5 nitrogen and oxygen atoms in total. The molecular weight excluding hydrogens is 343 g/mol. The Morgan fingerprint density at radius 1 is 1.15 bits per heavy atom. The van der Waals surface area contributed by atoms with E-state index in [1.807, 2.05) is 0 Å². The van der Waals surface area contributed by atoms with Gasteiger partial charge < -0.3 is 4.90 Å². The van der Waals surface area contributed by atoms with Crippen molar-refractivity contribution >= 4 is 5.65 Å². The summed E-state index contributed by atoms with van der Waals surface area (Å²) in [7, 11) is 2.08. The van der Waals surface area contributed by atoms with Crippen molar-refractivity contribution in [1.82, 2.24) is 24.3 Å². The molecule has 1 atom stereocenters. The number of halogens is 3. The summed E-state index contributed by atoms with van der Waals surface area (Å²) in [6, 6.07) is 2.39. The molecule has 0 amide bonds. The number of aromatic nitrogens is 4. The maximum absolute atomic E-state index is 13.0. The van der Waals surface area contributed by atoms with Crippen molar-refractivity contribution in [1.29, 1.82) is 0 Å². The van der Waals surface area contributed by atoms with Gasteiger partial charge in [-0.2, -0.15) is 13.2 Å². The van der Waals surface area contributed by atoms with Gasteiger partial charge in [-0.15, -0.1) is 0 Å². The van der Waals surface area contributed by atoms with Gasteiger partial charge in [0.2, 0.25) is 0 Å². The number of likely N-dealkylation sites (N-methyl/N-ethyl adjacent to an activating group) is 1. The van der Waals surface area contributed by atoms with E-state index in [1.165, 1.54) is 16.7 Å². The van der Waals surface area contributed by atoms with Crippen LogP contribution in [0.15, 0.2) is 36.9 Å². The minimum atomic E-state index is -4.41. The first kappa shape index (κ1) is 17.0. The van der Waals surface area contributed by atoms with E-state index in [4.69, 9.17) is 0 Å². The Bertz CT molecular complexity index is 934. The van der Waals surface area contributed by atoms with Crippen LogP contribution in [0.3, 0.4) is 0 Å². The van der Waals surface area contributed by atoms with Crippen molar-refractivity contribution in [3.63, 3.8) is 0 Å². The van der Waals surface area contributed by atoms with Gasteiger partial charge in [-0.1, -0.05) is 0 Å². The summed E-state index contributed by atoms with van der Waals surface area (Å²) in [5.41, 5.74) is 1.63. The smallest absolute Gasteiger partial charge is 0.306 e. The first-order valence-electron chi connectivity index (χ1n) is 8.47. The number of hydrogen-bond donors (Lipinski definition) is 0. The zero-order chi connectivity index (χ0) is 18.3. The molecule has 3 aromatic rings. The number of fused-ring (bicyclic) bond motifs is 1. The molecule has 4 heterocycles. The molecule has 26 heavy (non-hydrogen) atoms. The number of hydrogen-bond acceptors (Lipinski definition) is 4. The minimum Gasteiger partial charge on any atom is -0.306 e. The van der Waals surface area contributed by atoms with Crippen molar-refractivity contribution in [2.45, 2.75) is 24.9 Å². The molecule has 0 spiro atoms. The van der Waals surface area contributed by atoms with E-state index in [0.717, 1.165) is 43.9 Å². The van der Waals surface area contributed by atoms with Crippen LogP contribution < -0.4 is 0 Å². The zero-order valence-electron chi connectivity index (χ0n) is 14.2. The lowest BCUT2D eigenvalue weighted by atomic mass is 9.95. The van der Waals surface area contributed by atoms with Crippen LogP contribution in [0.4, 0.5) is 13.2 Å². The highest BCUT2D eigenvalue weighted by Gasteiger charge is 2.31. The highest BCUT2D eigenvalue weighted by atomic mass is 19.4. The van der Waals surface area contributed by atoms with Crippen LogP contribution in [-0.2, 0) is 6.18 Å². The normalized spacial score (nSPS) is 19.2. The Kier molecular flexibility index (Phi) is 4.14. The predicted molar refractivity (Wildman–Crippen MR) is 90.7 cm³/mol. The van der Waals surface area contributed by atoms with Crippen LogP contribution in [0.1, 0.15) is 30.0 Å². The molecule has 1 fully saturated rings. The fourth-order valence-electron chi connectivity index (χ4n) is 3.45. The van der Waals surface area contributed by atoms with E-state index >= 15 is 0 Å². The third-order valence-corrected chi connectivity index (χ3v) is 4.79. The Morgan fingerprint density at radius 3 is 2.77 bits per heavy atom. The molecule has 0 aliphatic carbocycles. The predicted octanol–water partition coefficient (Wildman–Crippen LogP) is 3.62. The number of likely N-dealkylation sites (tertiary alicyclic amines) is 1. The highest BCUT2D eigenvalue weighted by molar-refractivity contribution is 5.59. The van der Waals surface area contributed by atoms with E-state index in [9.17, 15) is 13.2 Å². The largest absolute Gasteiger partial charge is 0.417 e. The maximum atomic E-state index is 13.0. The molecule has 0 radical (unpaired) electrons. The number of nitrogens with zero attached hydrogens (tertiary/aromatic N) is 5. The van der Waals surface area contributed by atoms with Gasteiger partial charge in [0.05, 0.1) is 29.3 Å². The van der Waals surface area contributed by atoms with Gasteiger partial charge in [0.15, 0.2) is 0 Å². The van der Waals surface area contributed by atoms with Crippen molar-refractivity contribution in [2.24, 2.45) is 0 Å². The molecule has 0 aromatic carbocycles. The molecule has 1 aliphatic rings. The van der Waals surface area contributed by atoms with Crippen LogP contribution in [0.5, 0.6) is 0 Å². The highest BCUT2D eigenvalue weighted by Crippen LogP contribution is 2.31. The molecule has 1 aliphatic heterocycles. The summed E-state index contributed by atoms with van der Waals surface area (Å²) < 4.78 is 40.5. The third kappa shape index (κ3) is 3.16. The van der Waals surface area contributed by atoms with Crippen LogP contribution in [0, 0.1) is 0 Å².